The van der Waals surface area contributed by atoms with E-state index in [9.17, 15) is 0 Å². The van der Waals surface area contributed by atoms with Crippen LogP contribution in [0, 0.1) is 5.92 Å². The molecule has 0 radical (unpaired) electrons. The van der Waals surface area contributed by atoms with Crippen molar-refractivity contribution in [1.82, 2.24) is 4.90 Å². The zero-order valence-corrected chi connectivity index (χ0v) is 8.42. The van der Waals surface area contributed by atoms with Crippen LogP contribution in [-0.2, 0) is 0 Å². The third kappa shape index (κ3) is 3.55. The van der Waals surface area contributed by atoms with Crippen LogP contribution in [0.2, 0.25) is 0 Å². The molecular formula is C10H22N2. The van der Waals surface area contributed by atoms with Crippen molar-refractivity contribution in [2.75, 3.05) is 19.6 Å². The van der Waals surface area contributed by atoms with Gasteiger partial charge in [0.1, 0.15) is 0 Å². The highest BCUT2D eigenvalue weighted by molar-refractivity contribution is 4.77. The summed E-state index contributed by atoms with van der Waals surface area (Å²) in [5.74, 6) is 0.848. The lowest BCUT2D eigenvalue weighted by atomic mass is 10.1. The third-order valence-corrected chi connectivity index (χ3v) is 2.56. The molecule has 0 aromatic carbocycles. The number of rotatable bonds is 4. The van der Waals surface area contributed by atoms with Gasteiger partial charge in [0.05, 0.1) is 0 Å². The second-order valence-corrected chi connectivity index (χ2v) is 4.39. The zero-order chi connectivity index (χ0) is 8.97. The van der Waals surface area contributed by atoms with E-state index in [4.69, 9.17) is 5.73 Å². The van der Waals surface area contributed by atoms with Crippen LogP contribution in [0.1, 0.15) is 33.1 Å². The first kappa shape index (κ1) is 10.0. The van der Waals surface area contributed by atoms with Gasteiger partial charge in [0.2, 0.25) is 0 Å². The Hall–Kier alpha value is -0.0800. The lowest BCUT2D eigenvalue weighted by Gasteiger charge is -2.15. The Balaban J connectivity index is 2.00. The van der Waals surface area contributed by atoms with E-state index in [0.717, 1.165) is 12.5 Å². The summed E-state index contributed by atoms with van der Waals surface area (Å²) in [4.78, 5) is 2.49. The summed E-state index contributed by atoms with van der Waals surface area (Å²) in [5, 5.41) is 0. The smallest absolute Gasteiger partial charge is 0.0180 e. The Kier molecular flexibility index (Phi) is 4.02. The van der Waals surface area contributed by atoms with Crippen molar-refractivity contribution >= 4 is 0 Å². The Morgan fingerprint density at radius 3 is 2.75 bits per heavy atom. The molecule has 0 aliphatic carbocycles. The van der Waals surface area contributed by atoms with Crippen LogP contribution in [0.3, 0.4) is 0 Å². The van der Waals surface area contributed by atoms with Gasteiger partial charge in [0, 0.05) is 12.6 Å². The largest absolute Gasteiger partial charge is 0.326 e. The monoisotopic (exact) mass is 170 g/mol. The fourth-order valence-electron chi connectivity index (χ4n) is 1.79. The molecule has 0 saturated carbocycles. The summed E-state index contributed by atoms with van der Waals surface area (Å²) in [5.41, 5.74) is 5.81. The van der Waals surface area contributed by atoms with E-state index in [1.54, 1.807) is 0 Å². The molecule has 0 spiro atoms. The standard InChI is InChI=1S/C10H22N2/c1-9(2)4-3-6-12-7-5-10(11)8-12/h9-10H,3-8,11H2,1-2H3/t10-/m1/s1. The number of hydrogen-bond donors (Lipinski definition) is 1. The summed E-state index contributed by atoms with van der Waals surface area (Å²) in [7, 11) is 0. The number of nitrogens with zero attached hydrogens (tertiary/aromatic N) is 1. The first-order chi connectivity index (χ1) is 5.68. The van der Waals surface area contributed by atoms with Crippen LogP contribution in [0.5, 0.6) is 0 Å². The lowest BCUT2D eigenvalue weighted by molar-refractivity contribution is 0.317. The molecule has 0 aromatic heterocycles. The first-order valence-electron chi connectivity index (χ1n) is 5.16. The zero-order valence-electron chi connectivity index (χ0n) is 8.42. The topological polar surface area (TPSA) is 29.3 Å². The Morgan fingerprint density at radius 1 is 1.50 bits per heavy atom. The van der Waals surface area contributed by atoms with Crippen LogP contribution in [0.4, 0.5) is 0 Å². The van der Waals surface area contributed by atoms with Crippen molar-refractivity contribution in [3.8, 4) is 0 Å². The van der Waals surface area contributed by atoms with Gasteiger partial charge in [-0.15, -0.1) is 0 Å². The van der Waals surface area contributed by atoms with E-state index in [0.29, 0.717) is 6.04 Å². The molecule has 72 valence electrons. The van der Waals surface area contributed by atoms with Gasteiger partial charge >= 0.3 is 0 Å². The molecule has 1 fully saturated rings. The van der Waals surface area contributed by atoms with Crippen molar-refractivity contribution in [3.05, 3.63) is 0 Å². The second-order valence-electron chi connectivity index (χ2n) is 4.39. The minimum absolute atomic E-state index is 0.448. The molecule has 0 aromatic rings. The van der Waals surface area contributed by atoms with Gasteiger partial charge < -0.3 is 10.6 Å². The normalized spacial score (nSPS) is 25.5. The van der Waals surface area contributed by atoms with Gasteiger partial charge in [-0.1, -0.05) is 13.8 Å². The maximum absolute atomic E-state index is 5.81. The van der Waals surface area contributed by atoms with Crippen molar-refractivity contribution < 1.29 is 0 Å². The minimum Gasteiger partial charge on any atom is -0.326 e. The molecule has 0 unspecified atom stereocenters. The average molecular weight is 170 g/mol. The predicted molar refractivity (Wildman–Crippen MR) is 53.1 cm³/mol. The maximum Gasteiger partial charge on any atom is 0.0180 e. The van der Waals surface area contributed by atoms with E-state index in [1.807, 2.05) is 0 Å². The van der Waals surface area contributed by atoms with Gasteiger partial charge in [0.25, 0.3) is 0 Å². The van der Waals surface area contributed by atoms with Crippen molar-refractivity contribution in [2.24, 2.45) is 11.7 Å². The highest BCUT2D eigenvalue weighted by atomic mass is 15.2. The van der Waals surface area contributed by atoms with E-state index in [-0.39, 0.29) is 0 Å². The number of nitrogens with two attached hydrogens (primary N) is 1. The van der Waals surface area contributed by atoms with Gasteiger partial charge in [-0.3, -0.25) is 0 Å². The summed E-state index contributed by atoms with van der Waals surface area (Å²) in [6.07, 6.45) is 3.89. The SMILES string of the molecule is CC(C)CCCN1CC[C@@H](N)C1. The molecule has 1 heterocycles. The predicted octanol–water partition coefficient (Wildman–Crippen LogP) is 1.46. The van der Waals surface area contributed by atoms with E-state index < -0.39 is 0 Å². The van der Waals surface area contributed by atoms with Gasteiger partial charge in [-0.2, -0.15) is 0 Å². The van der Waals surface area contributed by atoms with Crippen molar-refractivity contribution in [2.45, 2.75) is 39.2 Å². The highest BCUT2D eigenvalue weighted by Crippen LogP contribution is 2.10. The van der Waals surface area contributed by atoms with Crippen LogP contribution >= 0.6 is 0 Å². The molecule has 1 atom stereocenters. The summed E-state index contributed by atoms with van der Waals surface area (Å²) in [6.45, 7) is 8.18. The highest BCUT2D eigenvalue weighted by Gasteiger charge is 2.17. The van der Waals surface area contributed by atoms with E-state index >= 15 is 0 Å². The van der Waals surface area contributed by atoms with Crippen LogP contribution in [0.15, 0.2) is 0 Å². The van der Waals surface area contributed by atoms with Crippen LogP contribution in [-0.4, -0.2) is 30.6 Å². The van der Waals surface area contributed by atoms with Crippen LogP contribution < -0.4 is 5.73 Å². The third-order valence-electron chi connectivity index (χ3n) is 2.56. The quantitative estimate of drug-likeness (QED) is 0.692. The molecule has 12 heavy (non-hydrogen) atoms. The molecule has 2 heteroatoms. The van der Waals surface area contributed by atoms with E-state index in [2.05, 4.69) is 18.7 Å². The van der Waals surface area contributed by atoms with Crippen molar-refractivity contribution in [1.29, 1.82) is 0 Å². The Labute approximate surface area is 76.1 Å². The first-order valence-corrected chi connectivity index (χ1v) is 5.16. The molecule has 0 bridgehead atoms. The average Bonchev–Trinajstić information content (AvgIpc) is 2.35. The fourth-order valence-corrected chi connectivity index (χ4v) is 1.79. The van der Waals surface area contributed by atoms with Crippen molar-refractivity contribution in [3.63, 3.8) is 0 Å². The van der Waals surface area contributed by atoms with Crippen LogP contribution in [0.25, 0.3) is 0 Å². The fraction of sp³-hybridized carbons (Fsp3) is 1.00. The molecular weight excluding hydrogens is 148 g/mol. The van der Waals surface area contributed by atoms with Gasteiger partial charge in [-0.25, -0.2) is 0 Å². The number of hydrogen-bond acceptors (Lipinski definition) is 2. The molecule has 2 N–H and O–H groups in total. The molecule has 0 amide bonds. The Bertz CT molecular complexity index is 123. The summed E-state index contributed by atoms with van der Waals surface area (Å²) < 4.78 is 0. The molecule has 2 nitrogen and oxygen atoms in total. The molecule has 1 aliphatic rings. The van der Waals surface area contributed by atoms with E-state index in [1.165, 1.54) is 32.4 Å². The molecule has 1 rings (SSSR count). The summed E-state index contributed by atoms with van der Waals surface area (Å²) in [6, 6.07) is 0.448. The van der Waals surface area contributed by atoms with Gasteiger partial charge in [-0.05, 0) is 38.3 Å². The molecule has 1 aliphatic heterocycles. The maximum atomic E-state index is 5.81. The Morgan fingerprint density at radius 2 is 2.25 bits per heavy atom. The molecule has 1 saturated heterocycles. The summed E-state index contributed by atoms with van der Waals surface area (Å²) >= 11 is 0. The number of likely N-dealkylation sites (tertiary alicyclic amines) is 1. The second kappa shape index (κ2) is 4.83. The minimum atomic E-state index is 0.448. The van der Waals surface area contributed by atoms with Gasteiger partial charge in [0.15, 0.2) is 0 Å². The lowest BCUT2D eigenvalue weighted by Crippen LogP contribution is -2.27.